The number of hydrogen-bond acceptors (Lipinski definition) is 1. The first-order valence-electron chi connectivity index (χ1n) is 5.05. The van der Waals surface area contributed by atoms with Crippen LogP contribution in [-0.2, 0) is 16.6 Å². The third kappa shape index (κ3) is 0.770. The third-order valence-electron chi connectivity index (χ3n) is 3.71. The van der Waals surface area contributed by atoms with Gasteiger partial charge >= 0.3 is 0 Å². The van der Waals surface area contributed by atoms with Crippen LogP contribution in [0.4, 0.5) is 4.39 Å². The van der Waals surface area contributed by atoms with E-state index >= 15 is 0 Å². The number of Topliss-reactive ketones (excluding diaryl/α,β-unsaturated/α-hetero) is 1. The van der Waals surface area contributed by atoms with Crippen molar-refractivity contribution in [2.75, 3.05) is 0 Å². The smallest absolute Gasteiger partial charge is 0.147 e. The molecule has 2 aliphatic carbocycles. The van der Waals surface area contributed by atoms with Gasteiger partial charge in [-0.3, -0.25) is 4.79 Å². The van der Waals surface area contributed by atoms with Crippen molar-refractivity contribution in [2.45, 2.75) is 31.1 Å². The van der Waals surface area contributed by atoms with E-state index in [1.165, 1.54) is 6.07 Å². The molecule has 0 aromatic heterocycles. The molecule has 0 aliphatic heterocycles. The number of rotatable bonds is 0. The fraction of sp³-hybridized carbons (Fsp3) is 0.417. The summed E-state index contributed by atoms with van der Waals surface area (Å²) in [5, 5.41) is 0. The van der Waals surface area contributed by atoms with Crippen LogP contribution in [0.3, 0.4) is 0 Å². The molecule has 3 rings (SSSR count). The van der Waals surface area contributed by atoms with Crippen molar-refractivity contribution in [3.05, 3.63) is 35.1 Å². The van der Waals surface area contributed by atoms with Crippen LogP contribution in [0.1, 0.15) is 30.4 Å². The highest BCUT2D eigenvalue weighted by Crippen LogP contribution is 2.50. The molecule has 72 valence electrons. The monoisotopic (exact) mass is 190 g/mol. The van der Waals surface area contributed by atoms with Crippen LogP contribution in [0.5, 0.6) is 0 Å². The molecule has 0 amide bonds. The van der Waals surface area contributed by atoms with Crippen LogP contribution in [0, 0.1) is 5.82 Å². The molecule has 14 heavy (non-hydrogen) atoms. The Morgan fingerprint density at radius 1 is 1.29 bits per heavy atom. The van der Waals surface area contributed by atoms with Gasteiger partial charge in [0.1, 0.15) is 11.6 Å². The second-order valence-corrected chi connectivity index (χ2v) is 4.30. The Kier molecular flexibility index (Phi) is 1.42. The van der Waals surface area contributed by atoms with E-state index in [9.17, 15) is 9.18 Å². The lowest BCUT2D eigenvalue weighted by atomic mass is 9.64. The van der Waals surface area contributed by atoms with E-state index < -0.39 is 0 Å². The lowest BCUT2D eigenvalue weighted by Gasteiger charge is -2.37. The van der Waals surface area contributed by atoms with Crippen LogP contribution < -0.4 is 0 Å². The highest BCUT2D eigenvalue weighted by molar-refractivity contribution is 5.97. The zero-order valence-corrected chi connectivity index (χ0v) is 7.85. The summed E-state index contributed by atoms with van der Waals surface area (Å²) >= 11 is 0. The molecular weight excluding hydrogens is 179 g/mol. The second kappa shape index (κ2) is 2.44. The number of ketones is 1. The van der Waals surface area contributed by atoms with Crippen LogP contribution in [0.25, 0.3) is 0 Å². The van der Waals surface area contributed by atoms with E-state index in [0.717, 1.165) is 24.8 Å². The summed E-state index contributed by atoms with van der Waals surface area (Å²) in [4.78, 5) is 11.8. The maximum absolute atomic E-state index is 13.4. The number of hydrogen-bond donors (Lipinski definition) is 0. The highest BCUT2D eigenvalue weighted by Gasteiger charge is 2.50. The molecule has 2 heteroatoms. The van der Waals surface area contributed by atoms with E-state index in [1.54, 1.807) is 6.07 Å². The van der Waals surface area contributed by atoms with Gasteiger partial charge in [0.15, 0.2) is 0 Å². The predicted molar refractivity (Wildman–Crippen MR) is 50.6 cm³/mol. The summed E-state index contributed by atoms with van der Waals surface area (Å²) in [7, 11) is 0. The summed E-state index contributed by atoms with van der Waals surface area (Å²) < 4.78 is 13.4. The van der Waals surface area contributed by atoms with Gasteiger partial charge in [-0.05, 0) is 30.0 Å². The maximum Gasteiger partial charge on any atom is 0.147 e. The molecular formula is C12H11FO. The summed E-state index contributed by atoms with van der Waals surface area (Å²) in [6.07, 6.45) is 3.24. The quantitative estimate of drug-likeness (QED) is 0.613. The molecule has 1 spiro atoms. The van der Waals surface area contributed by atoms with Gasteiger partial charge in [0.05, 0.1) is 5.41 Å². The number of carbonyl (C=O) groups excluding carboxylic acids is 1. The lowest BCUT2D eigenvalue weighted by Crippen LogP contribution is -2.39. The zero-order chi connectivity index (χ0) is 9.76. The fourth-order valence-electron chi connectivity index (χ4n) is 2.75. The molecule has 0 radical (unpaired) electrons. The standard InChI is InChI=1S/C12H11FO/c13-10-4-1-3-9-8(10)7-11(14)12(9)5-2-6-12/h1,3-4H,2,5-7H2. The molecule has 1 aromatic rings. The van der Waals surface area contributed by atoms with Crippen molar-refractivity contribution in [1.82, 2.24) is 0 Å². The average Bonchev–Trinajstić information content (AvgIpc) is 2.38. The number of benzene rings is 1. The summed E-state index contributed by atoms with van der Waals surface area (Å²) in [6, 6.07) is 5.08. The topological polar surface area (TPSA) is 17.1 Å². The minimum Gasteiger partial charge on any atom is -0.298 e. The largest absolute Gasteiger partial charge is 0.298 e. The van der Waals surface area contributed by atoms with Gasteiger partial charge in [-0.2, -0.15) is 0 Å². The number of fused-ring (bicyclic) bond motifs is 2. The molecule has 1 aromatic carbocycles. The minimum absolute atomic E-state index is 0.209. The van der Waals surface area contributed by atoms with Gasteiger partial charge in [0.2, 0.25) is 0 Å². The molecule has 2 aliphatic rings. The molecule has 0 heterocycles. The van der Waals surface area contributed by atoms with Crippen molar-refractivity contribution in [1.29, 1.82) is 0 Å². The SMILES string of the molecule is O=C1Cc2c(F)cccc2C12CCC2. The first-order chi connectivity index (χ1) is 6.74. The molecule has 0 bridgehead atoms. The van der Waals surface area contributed by atoms with Crippen LogP contribution in [-0.4, -0.2) is 5.78 Å². The fourth-order valence-corrected chi connectivity index (χ4v) is 2.75. The Morgan fingerprint density at radius 3 is 2.71 bits per heavy atom. The first kappa shape index (κ1) is 8.16. The zero-order valence-electron chi connectivity index (χ0n) is 7.85. The van der Waals surface area contributed by atoms with Crippen molar-refractivity contribution >= 4 is 5.78 Å². The Balaban J connectivity index is 2.22. The van der Waals surface area contributed by atoms with E-state index in [4.69, 9.17) is 0 Å². The van der Waals surface area contributed by atoms with Crippen LogP contribution in [0.2, 0.25) is 0 Å². The Morgan fingerprint density at radius 2 is 2.07 bits per heavy atom. The lowest BCUT2D eigenvalue weighted by molar-refractivity contribution is -0.125. The second-order valence-electron chi connectivity index (χ2n) is 4.30. The Labute approximate surface area is 81.9 Å². The van der Waals surface area contributed by atoms with Gasteiger partial charge in [-0.25, -0.2) is 4.39 Å². The van der Waals surface area contributed by atoms with Crippen LogP contribution >= 0.6 is 0 Å². The van der Waals surface area contributed by atoms with E-state index in [1.807, 2.05) is 6.07 Å². The maximum atomic E-state index is 13.4. The van der Waals surface area contributed by atoms with Gasteiger partial charge < -0.3 is 0 Å². The minimum atomic E-state index is -0.280. The first-order valence-corrected chi connectivity index (χ1v) is 5.05. The molecule has 0 N–H and O–H groups in total. The molecule has 1 saturated carbocycles. The molecule has 1 nitrogen and oxygen atoms in total. The normalized spacial score (nSPS) is 22.2. The van der Waals surface area contributed by atoms with Crippen molar-refractivity contribution in [3.63, 3.8) is 0 Å². The highest BCUT2D eigenvalue weighted by atomic mass is 19.1. The molecule has 0 saturated heterocycles. The molecule has 0 atom stereocenters. The Bertz CT molecular complexity index is 418. The van der Waals surface area contributed by atoms with Crippen molar-refractivity contribution < 1.29 is 9.18 Å². The van der Waals surface area contributed by atoms with E-state index in [2.05, 4.69) is 0 Å². The van der Waals surface area contributed by atoms with Gasteiger partial charge in [0, 0.05) is 6.42 Å². The number of halogens is 1. The van der Waals surface area contributed by atoms with Crippen LogP contribution in [0.15, 0.2) is 18.2 Å². The summed E-state index contributed by atoms with van der Waals surface area (Å²) in [5.41, 5.74) is 1.34. The average molecular weight is 190 g/mol. The van der Waals surface area contributed by atoms with E-state index in [-0.39, 0.29) is 17.0 Å². The van der Waals surface area contributed by atoms with E-state index in [0.29, 0.717) is 12.0 Å². The Hall–Kier alpha value is -1.18. The van der Waals surface area contributed by atoms with Gasteiger partial charge in [-0.1, -0.05) is 18.6 Å². The van der Waals surface area contributed by atoms with Gasteiger partial charge in [0.25, 0.3) is 0 Å². The summed E-state index contributed by atoms with van der Waals surface area (Å²) in [5.74, 6) is 0.0171. The number of carbonyl (C=O) groups is 1. The molecule has 1 fully saturated rings. The van der Waals surface area contributed by atoms with Gasteiger partial charge in [-0.15, -0.1) is 0 Å². The molecule has 0 unspecified atom stereocenters. The predicted octanol–water partition coefficient (Wildman–Crippen LogP) is 2.37. The summed E-state index contributed by atoms with van der Waals surface area (Å²) in [6.45, 7) is 0. The third-order valence-corrected chi connectivity index (χ3v) is 3.71. The van der Waals surface area contributed by atoms with Crippen molar-refractivity contribution in [2.24, 2.45) is 0 Å². The van der Waals surface area contributed by atoms with Crippen molar-refractivity contribution in [3.8, 4) is 0 Å².